The highest BCUT2D eigenvalue weighted by Crippen LogP contribution is 2.08. The number of nitrogens with zero attached hydrogens (tertiary/aromatic N) is 1. The Morgan fingerprint density at radius 2 is 1.95 bits per heavy atom. The number of rotatable bonds is 7. The summed E-state index contributed by atoms with van der Waals surface area (Å²) in [5.74, 6) is 0.644. The quantitative estimate of drug-likeness (QED) is 0.765. The van der Waals surface area contributed by atoms with Gasteiger partial charge >= 0.3 is 0 Å². The molecule has 1 heterocycles. The fraction of sp³-hybridized carbons (Fsp3) is 0.615. The van der Waals surface area contributed by atoms with E-state index in [4.69, 9.17) is 4.52 Å². The first kappa shape index (κ1) is 15.2. The summed E-state index contributed by atoms with van der Waals surface area (Å²) in [4.78, 5) is 22.5. The molecule has 0 saturated carbocycles. The lowest BCUT2D eigenvalue weighted by Gasteiger charge is -2.06. The smallest absolute Gasteiger partial charge is 0.220 e. The molecule has 0 aliphatic heterocycles. The van der Waals surface area contributed by atoms with Gasteiger partial charge in [-0.1, -0.05) is 5.16 Å². The van der Waals surface area contributed by atoms with Crippen molar-refractivity contribution in [3.63, 3.8) is 0 Å². The Morgan fingerprint density at radius 1 is 1.26 bits per heavy atom. The number of hydrogen-bond acceptors (Lipinski definition) is 4. The summed E-state index contributed by atoms with van der Waals surface area (Å²) in [5.41, 5.74) is 0.739. The van der Waals surface area contributed by atoms with Crippen molar-refractivity contribution in [2.75, 3.05) is 7.05 Å². The second kappa shape index (κ2) is 7.56. The molecule has 2 N–H and O–H groups in total. The SMILES string of the molecule is CNC(=O)CCc1cc(CCC(=O)NC(C)C)on1. The number of aryl methyl sites for hydroxylation is 2. The van der Waals surface area contributed by atoms with E-state index in [1.807, 2.05) is 13.8 Å². The minimum Gasteiger partial charge on any atom is -0.361 e. The van der Waals surface area contributed by atoms with Crippen LogP contribution in [0.1, 0.15) is 38.1 Å². The third kappa shape index (κ3) is 6.03. The average molecular weight is 267 g/mol. The van der Waals surface area contributed by atoms with E-state index in [9.17, 15) is 9.59 Å². The first-order valence-corrected chi connectivity index (χ1v) is 6.45. The van der Waals surface area contributed by atoms with Crippen molar-refractivity contribution in [3.8, 4) is 0 Å². The molecule has 1 aromatic rings. The van der Waals surface area contributed by atoms with Crippen LogP contribution >= 0.6 is 0 Å². The van der Waals surface area contributed by atoms with Gasteiger partial charge in [0.15, 0.2) is 0 Å². The van der Waals surface area contributed by atoms with Gasteiger partial charge in [0, 0.05) is 44.8 Å². The van der Waals surface area contributed by atoms with E-state index in [1.165, 1.54) is 0 Å². The lowest BCUT2D eigenvalue weighted by atomic mass is 10.2. The van der Waals surface area contributed by atoms with Crippen molar-refractivity contribution < 1.29 is 14.1 Å². The maximum Gasteiger partial charge on any atom is 0.220 e. The van der Waals surface area contributed by atoms with Crippen LogP contribution in [0.15, 0.2) is 10.6 Å². The molecule has 0 aliphatic rings. The molecule has 6 nitrogen and oxygen atoms in total. The third-order valence-electron chi connectivity index (χ3n) is 2.54. The molecule has 0 aliphatic carbocycles. The van der Waals surface area contributed by atoms with Crippen LogP contribution in [-0.2, 0) is 22.4 Å². The van der Waals surface area contributed by atoms with Crippen LogP contribution in [-0.4, -0.2) is 30.1 Å². The van der Waals surface area contributed by atoms with Crippen molar-refractivity contribution in [2.45, 2.75) is 45.6 Å². The van der Waals surface area contributed by atoms with E-state index >= 15 is 0 Å². The first-order chi connectivity index (χ1) is 9.01. The molecule has 2 amide bonds. The zero-order valence-electron chi connectivity index (χ0n) is 11.7. The number of aromatic nitrogens is 1. The normalized spacial score (nSPS) is 10.5. The van der Waals surface area contributed by atoms with E-state index in [0.29, 0.717) is 31.4 Å². The number of hydrogen-bond donors (Lipinski definition) is 2. The van der Waals surface area contributed by atoms with Crippen LogP contribution in [0.25, 0.3) is 0 Å². The highest BCUT2D eigenvalue weighted by molar-refractivity contribution is 5.76. The minimum atomic E-state index is -0.0270. The Morgan fingerprint density at radius 3 is 2.58 bits per heavy atom. The van der Waals surface area contributed by atoms with Gasteiger partial charge in [-0.15, -0.1) is 0 Å². The molecular weight excluding hydrogens is 246 g/mol. The van der Waals surface area contributed by atoms with Crippen LogP contribution in [0.3, 0.4) is 0 Å². The maximum absolute atomic E-state index is 11.5. The van der Waals surface area contributed by atoms with Gasteiger partial charge in [0.25, 0.3) is 0 Å². The molecule has 0 radical (unpaired) electrons. The van der Waals surface area contributed by atoms with E-state index in [2.05, 4.69) is 15.8 Å². The molecule has 106 valence electrons. The average Bonchev–Trinajstić information content (AvgIpc) is 2.80. The van der Waals surface area contributed by atoms with Crippen molar-refractivity contribution in [2.24, 2.45) is 0 Å². The lowest BCUT2D eigenvalue weighted by molar-refractivity contribution is -0.122. The van der Waals surface area contributed by atoms with Crippen molar-refractivity contribution >= 4 is 11.8 Å². The van der Waals surface area contributed by atoms with Gasteiger partial charge < -0.3 is 15.2 Å². The summed E-state index contributed by atoms with van der Waals surface area (Å²) in [6.45, 7) is 3.84. The second-order valence-electron chi connectivity index (χ2n) is 4.68. The van der Waals surface area contributed by atoms with Crippen molar-refractivity contribution in [3.05, 3.63) is 17.5 Å². The second-order valence-corrected chi connectivity index (χ2v) is 4.68. The number of carbonyl (C=O) groups is 2. The van der Waals surface area contributed by atoms with E-state index < -0.39 is 0 Å². The summed E-state index contributed by atoms with van der Waals surface area (Å²) >= 11 is 0. The fourth-order valence-corrected chi connectivity index (χ4v) is 1.59. The molecule has 1 rings (SSSR count). The molecule has 0 unspecified atom stereocenters. The van der Waals surface area contributed by atoms with Gasteiger partial charge in [-0.05, 0) is 13.8 Å². The maximum atomic E-state index is 11.5. The van der Waals surface area contributed by atoms with Crippen LogP contribution in [0.4, 0.5) is 0 Å². The highest BCUT2D eigenvalue weighted by Gasteiger charge is 2.09. The molecular formula is C13H21N3O3. The predicted molar refractivity (Wildman–Crippen MR) is 70.5 cm³/mol. The minimum absolute atomic E-state index is 0.00156. The molecule has 6 heteroatoms. The van der Waals surface area contributed by atoms with Gasteiger partial charge in [-0.2, -0.15) is 0 Å². The lowest BCUT2D eigenvalue weighted by Crippen LogP contribution is -2.30. The standard InChI is InChI=1S/C13H21N3O3/c1-9(2)15-13(18)7-5-11-8-10(16-19-11)4-6-12(17)14-3/h8-9H,4-7H2,1-3H3,(H,14,17)(H,15,18). The number of carbonyl (C=O) groups excluding carboxylic acids is 2. The third-order valence-corrected chi connectivity index (χ3v) is 2.54. The Balaban J connectivity index is 2.34. The molecule has 0 saturated heterocycles. The molecule has 0 aromatic carbocycles. The van der Waals surface area contributed by atoms with Crippen molar-refractivity contribution in [1.29, 1.82) is 0 Å². The van der Waals surface area contributed by atoms with Crippen LogP contribution in [0, 0.1) is 0 Å². The molecule has 0 atom stereocenters. The van der Waals surface area contributed by atoms with Gasteiger partial charge in [-0.3, -0.25) is 9.59 Å². The monoisotopic (exact) mass is 267 g/mol. The Labute approximate surface area is 112 Å². The fourth-order valence-electron chi connectivity index (χ4n) is 1.59. The molecule has 1 aromatic heterocycles. The van der Waals surface area contributed by atoms with E-state index in [0.717, 1.165) is 5.69 Å². The Kier molecular flexibility index (Phi) is 6.05. The Hall–Kier alpha value is -1.85. The van der Waals surface area contributed by atoms with Crippen molar-refractivity contribution in [1.82, 2.24) is 15.8 Å². The van der Waals surface area contributed by atoms with Gasteiger partial charge in [0.05, 0.1) is 5.69 Å². The van der Waals surface area contributed by atoms with Crippen LogP contribution in [0.2, 0.25) is 0 Å². The molecule has 0 bridgehead atoms. The Bertz CT molecular complexity index is 427. The van der Waals surface area contributed by atoms with Gasteiger partial charge in [0.1, 0.15) is 5.76 Å². The number of nitrogens with one attached hydrogen (secondary N) is 2. The molecule has 0 spiro atoms. The highest BCUT2D eigenvalue weighted by atomic mass is 16.5. The summed E-state index contributed by atoms with van der Waals surface area (Å²) in [6, 6.07) is 1.94. The van der Waals surface area contributed by atoms with Crippen LogP contribution < -0.4 is 10.6 Å². The summed E-state index contributed by atoms with van der Waals surface area (Å²) < 4.78 is 5.12. The molecule has 0 fully saturated rings. The predicted octanol–water partition coefficient (Wildman–Crippen LogP) is 0.810. The summed E-state index contributed by atoms with van der Waals surface area (Å²) in [7, 11) is 1.60. The zero-order valence-corrected chi connectivity index (χ0v) is 11.7. The van der Waals surface area contributed by atoms with Crippen LogP contribution in [0.5, 0.6) is 0 Å². The topological polar surface area (TPSA) is 84.2 Å². The van der Waals surface area contributed by atoms with Gasteiger partial charge in [0.2, 0.25) is 11.8 Å². The summed E-state index contributed by atoms with van der Waals surface area (Å²) in [6.07, 6.45) is 1.82. The summed E-state index contributed by atoms with van der Waals surface area (Å²) in [5, 5.41) is 9.24. The van der Waals surface area contributed by atoms with E-state index in [1.54, 1.807) is 13.1 Å². The largest absolute Gasteiger partial charge is 0.361 e. The first-order valence-electron chi connectivity index (χ1n) is 6.45. The zero-order chi connectivity index (χ0) is 14.3. The molecule has 19 heavy (non-hydrogen) atoms. The van der Waals surface area contributed by atoms with Gasteiger partial charge in [-0.25, -0.2) is 0 Å². The van der Waals surface area contributed by atoms with E-state index in [-0.39, 0.29) is 17.9 Å². The number of amides is 2.